The van der Waals surface area contributed by atoms with Crippen molar-refractivity contribution in [3.8, 4) is 0 Å². The fourth-order valence-corrected chi connectivity index (χ4v) is 4.02. The van der Waals surface area contributed by atoms with E-state index in [9.17, 15) is 12.8 Å². The van der Waals surface area contributed by atoms with Gasteiger partial charge in [-0.05, 0) is 42.3 Å². The Bertz CT molecular complexity index is 748. The Morgan fingerprint density at radius 1 is 1.23 bits per heavy atom. The van der Waals surface area contributed by atoms with Crippen molar-refractivity contribution < 1.29 is 12.8 Å². The van der Waals surface area contributed by atoms with Crippen LogP contribution in [-0.2, 0) is 10.0 Å². The molecule has 0 aliphatic rings. The van der Waals surface area contributed by atoms with Gasteiger partial charge >= 0.3 is 0 Å². The lowest BCUT2D eigenvalue weighted by Crippen LogP contribution is -2.34. The molecule has 1 aromatic heterocycles. The Balaban J connectivity index is 2.53. The zero-order valence-corrected chi connectivity index (χ0v) is 13.8. The van der Waals surface area contributed by atoms with Crippen molar-refractivity contribution in [3.05, 3.63) is 53.6 Å². The molecule has 118 valence electrons. The third-order valence-electron chi connectivity index (χ3n) is 2.94. The highest BCUT2D eigenvalue weighted by Gasteiger charge is 2.28. The Kier molecular flexibility index (Phi) is 5.03. The summed E-state index contributed by atoms with van der Waals surface area (Å²) in [6.07, 6.45) is 1.42. The molecule has 2 aromatic rings. The molecule has 0 N–H and O–H groups in total. The highest BCUT2D eigenvalue weighted by molar-refractivity contribution is 7.93. The Morgan fingerprint density at radius 3 is 2.41 bits per heavy atom. The van der Waals surface area contributed by atoms with Gasteiger partial charge in [0.15, 0.2) is 0 Å². The first-order valence-electron chi connectivity index (χ1n) is 6.71. The van der Waals surface area contributed by atoms with Crippen LogP contribution in [0.3, 0.4) is 0 Å². The molecular weight excluding hydrogens is 327 g/mol. The fraction of sp³-hybridized carbons (Fsp3) is 0.267. The van der Waals surface area contributed by atoms with E-state index < -0.39 is 15.8 Å². The molecule has 0 bridgehead atoms. The van der Waals surface area contributed by atoms with Gasteiger partial charge in [-0.25, -0.2) is 17.8 Å². The minimum Gasteiger partial charge on any atom is -0.266 e. The monoisotopic (exact) mass is 342 g/mol. The summed E-state index contributed by atoms with van der Waals surface area (Å²) >= 11 is 5.93. The summed E-state index contributed by atoms with van der Waals surface area (Å²) in [5.74, 6) is -0.347. The molecule has 0 spiro atoms. The van der Waals surface area contributed by atoms with E-state index in [1.807, 2.05) is 13.8 Å². The van der Waals surface area contributed by atoms with E-state index in [0.717, 1.165) is 0 Å². The van der Waals surface area contributed by atoms with Gasteiger partial charge in [0, 0.05) is 12.7 Å². The second-order valence-corrected chi connectivity index (χ2v) is 7.39. The van der Waals surface area contributed by atoms with Gasteiger partial charge in [-0.15, -0.1) is 0 Å². The summed E-state index contributed by atoms with van der Waals surface area (Å²) < 4.78 is 40.1. The maximum Gasteiger partial charge on any atom is 0.267 e. The van der Waals surface area contributed by atoms with Crippen molar-refractivity contribution in [1.29, 1.82) is 0 Å². The fourth-order valence-electron chi connectivity index (χ4n) is 1.96. The molecule has 22 heavy (non-hydrogen) atoms. The van der Waals surface area contributed by atoms with E-state index in [2.05, 4.69) is 4.98 Å². The van der Waals surface area contributed by atoms with Gasteiger partial charge in [0.2, 0.25) is 0 Å². The molecule has 0 unspecified atom stereocenters. The third-order valence-corrected chi connectivity index (χ3v) is 5.18. The highest BCUT2D eigenvalue weighted by Crippen LogP contribution is 2.28. The number of rotatable bonds is 5. The predicted octanol–water partition coefficient (Wildman–Crippen LogP) is 3.73. The van der Waals surface area contributed by atoms with Crippen LogP contribution in [0.5, 0.6) is 0 Å². The smallest absolute Gasteiger partial charge is 0.266 e. The van der Waals surface area contributed by atoms with Crippen molar-refractivity contribution in [2.45, 2.75) is 18.7 Å². The molecule has 1 aromatic carbocycles. The molecule has 0 aliphatic carbocycles. The van der Waals surface area contributed by atoms with Gasteiger partial charge in [0.1, 0.15) is 15.9 Å². The molecule has 0 saturated carbocycles. The first-order valence-corrected chi connectivity index (χ1v) is 8.53. The molecule has 4 nitrogen and oxygen atoms in total. The van der Waals surface area contributed by atoms with Crippen LogP contribution in [-0.4, -0.2) is 19.9 Å². The number of sulfonamides is 1. The van der Waals surface area contributed by atoms with Crippen LogP contribution in [0.1, 0.15) is 13.8 Å². The summed E-state index contributed by atoms with van der Waals surface area (Å²) in [5.41, 5.74) is 0.384. The topological polar surface area (TPSA) is 50.3 Å². The van der Waals surface area contributed by atoms with E-state index in [0.29, 0.717) is 5.69 Å². The lowest BCUT2D eigenvalue weighted by Gasteiger charge is -2.26. The molecule has 7 heteroatoms. The van der Waals surface area contributed by atoms with E-state index in [4.69, 9.17) is 11.6 Å². The van der Waals surface area contributed by atoms with Crippen molar-refractivity contribution >= 4 is 27.3 Å². The van der Waals surface area contributed by atoms with E-state index >= 15 is 0 Å². The normalized spacial score (nSPS) is 11.7. The molecule has 2 rings (SSSR count). The summed E-state index contributed by atoms with van der Waals surface area (Å²) in [4.78, 5) is 3.75. The van der Waals surface area contributed by atoms with E-state index in [-0.39, 0.29) is 22.5 Å². The second-order valence-electron chi connectivity index (χ2n) is 5.20. The molecule has 0 saturated heterocycles. The van der Waals surface area contributed by atoms with Crippen LogP contribution in [0.4, 0.5) is 10.1 Å². The van der Waals surface area contributed by atoms with Crippen LogP contribution in [0, 0.1) is 11.7 Å². The number of hydrogen-bond acceptors (Lipinski definition) is 3. The SMILES string of the molecule is CC(C)CN(c1ccc(F)cc1)S(=O)(=O)c1cccnc1Cl. The lowest BCUT2D eigenvalue weighted by atomic mass is 10.2. The lowest BCUT2D eigenvalue weighted by molar-refractivity contribution is 0.577. The Hall–Kier alpha value is -1.66. The van der Waals surface area contributed by atoms with Crippen LogP contribution in [0.2, 0.25) is 5.15 Å². The van der Waals surface area contributed by atoms with Crippen molar-refractivity contribution in [3.63, 3.8) is 0 Å². The van der Waals surface area contributed by atoms with Gasteiger partial charge in [0.25, 0.3) is 10.0 Å². The van der Waals surface area contributed by atoms with Crippen molar-refractivity contribution in [1.82, 2.24) is 4.98 Å². The molecular formula is C15H16ClFN2O2S. The first-order chi connectivity index (χ1) is 10.3. The van der Waals surface area contributed by atoms with Gasteiger partial charge in [0.05, 0.1) is 5.69 Å². The summed E-state index contributed by atoms with van der Waals surface area (Å²) in [7, 11) is -3.88. The average molecular weight is 343 g/mol. The van der Waals surface area contributed by atoms with Crippen molar-refractivity contribution in [2.24, 2.45) is 5.92 Å². The maximum atomic E-state index is 13.1. The van der Waals surface area contributed by atoms with Crippen LogP contribution in [0.25, 0.3) is 0 Å². The Morgan fingerprint density at radius 2 is 1.86 bits per heavy atom. The minimum absolute atomic E-state index is 0.0679. The average Bonchev–Trinajstić information content (AvgIpc) is 2.46. The number of anilines is 1. The number of benzene rings is 1. The molecule has 0 radical (unpaired) electrons. The van der Waals surface area contributed by atoms with Gasteiger partial charge in [-0.3, -0.25) is 4.31 Å². The first kappa shape index (κ1) is 16.7. The quantitative estimate of drug-likeness (QED) is 0.778. The van der Waals surface area contributed by atoms with Gasteiger partial charge in [-0.1, -0.05) is 25.4 Å². The summed E-state index contributed by atoms with van der Waals surface area (Å²) in [5, 5.41) is -0.0848. The molecule has 1 heterocycles. The molecule has 0 aliphatic heterocycles. The number of hydrogen-bond donors (Lipinski definition) is 0. The Labute approximate surface area is 134 Å². The largest absolute Gasteiger partial charge is 0.267 e. The number of halogens is 2. The highest BCUT2D eigenvalue weighted by atomic mass is 35.5. The number of nitrogens with zero attached hydrogens (tertiary/aromatic N) is 2. The molecule has 0 atom stereocenters. The third kappa shape index (κ3) is 3.56. The van der Waals surface area contributed by atoms with Gasteiger partial charge in [-0.2, -0.15) is 0 Å². The zero-order valence-electron chi connectivity index (χ0n) is 12.2. The number of aromatic nitrogens is 1. The summed E-state index contributed by atoms with van der Waals surface area (Å²) in [6, 6.07) is 8.23. The second kappa shape index (κ2) is 6.62. The molecule has 0 amide bonds. The maximum absolute atomic E-state index is 13.1. The van der Waals surface area contributed by atoms with Crippen LogP contribution >= 0.6 is 11.6 Å². The molecule has 0 fully saturated rings. The summed E-state index contributed by atoms with van der Waals surface area (Å²) in [6.45, 7) is 4.05. The van der Waals surface area contributed by atoms with E-state index in [1.165, 1.54) is 46.9 Å². The standard InChI is InChI=1S/C15H16ClFN2O2S/c1-11(2)10-19(13-7-5-12(17)6-8-13)22(20,21)14-4-3-9-18-15(14)16/h3-9,11H,10H2,1-2H3. The van der Waals surface area contributed by atoms with Crippen LogP contribution in [0.15, 0.2) is 47.5 Å². The number of pyridine rings is 1. The minimum atomic E-state index is -3.88. The van der Waals surface area contributed by atoms with E-state index in [1.54, 1.807) is 0 Å². The van der Waals surface area contributed by atoms with Gasteiger partial charge < -0.3 is 0 Å². The van der Waals surface area contributed by atoms with Crippen molar-refractivity contribution in [2.75, 3.05) is 10.8 Å². The van der Waals surface area contributed by atoms with Crippen LogP contribution < -0.4 is 4.31 Å². The predicted molar refractivity (Wildman–Crippen MR) is 85.0 cm³/mol. The zero-order chi connectivity index (χ0) is 16.3.